The van der Waals surface area contributed by atoms with Gasteiger partial charge >= 0.3 is 5.97 Å². The molecule has 1 heterocycles. The molecule has 1 aromatic carbocycles. The number of aliphatic carboxylic acids is 1. The molecular weight excluding hydrogens is 324 g/mol. The minimum Gasteiger partial charge on any atom is -0.484 e. The van der Waals surface area contributed by atoms with Crippen molar-refractivity contribution in [3.05, 3.63) is 48.7 Å². The van der Waals surface area contributed by atoms with Gasteiger partial charge in [0.15, 0.2) is 6.61 Å². The molecule has 2 N–H and O–H groups in total. The predicted molar refractivity (Wildman–Crippen MR) is 88.6 cm³/mol. The lowest BCUT2D eigenvalue weighted by molar-refractivity contribution is -0.143. The van der Waals surface area contributed by atoms with Gasteiger partial charge in [0.2, 0.25) is 5.88 Å². The Kier molecular flexibility index (Phi) is 4.83. The molecule has 7 heteroatoms. The van der Waals surface area contributed by atoms with Crippen molar-refractivity contribution >= 4 is 11.9 Å². The number of amides is 1. The minimum atomic E-state index is -0.864. The van der Waals surface area contributed by atoms with Crippen LogP contribution in [0.2, 0.25) is 0 Å². The number of ether oxygens (including phenoxy) is 2. The lowest BCUT2D eigenvalue weighted by Crippen LogP contribution is -2.36. The van der Waals surface area contributed by atoms with E-state index in [1.807, 2.05) is 6.07 Å². The van der Waals surface area contributed by atoms with Gasteiger partial charge in [-0.1, -0.05) is 6.07 Å². The van der Waals surface area contributed by atoms with E-state index in [9.17, 15) is 9.59 Å². The van der Waals surface area contributed by atoms with E-state index in [1.54, 1.807) is 42.6 Å². The maximum absolute atomic E-state index is 11.8. The summed E-state index contributed by atoms with van der Waals surface area (Å²) in [6, 6.07) is 12.2. The molecule has 1 aliphatic rings. The standard InChI is InChI=1S/C18H18N2O5/c21-15(20-12-18(8-9-18)17(22)23)11-24-13-4-6-14(7-5-13)25-16-3-1-2-10-19-16/h1-7,10H,8-9,11-12H2,(H,20,21)(H,22,23). The van der Waals surface area contributed by atoms with Gasteiger partial charge in [0, 0.05) is 18.8 Å². The highest BCUT2D eigenvalue weighted by atomic mass is 16.5. The Balaban J connectivity index is 1.44. The van der Waals surface area contributed by atoms with E-state index in [0.29, 0.717) is 30.2 Å². The number of carbonyl (C=O) groups is 2. The number of carboxylic acids is 1. The summed E-state index contributed by atoms with van der Waals surface area (Å²) < 4.78 is 11.0. The zero-order valence-electron chi connectivity index (χ0n) is 13.5. The summed E-state index contributed by atoms with van der Waals surface area (Å²) >= 11 is 0. The number of nitrogens with one attached hydrogen (secondary N) is 1. The SMILES string of the molecule is O=C(COc1ccc(Oc2ccccn2)cc1)NCC1(C(=O)O)CC1. The maximum Gasteiger partial charge on any atom is 0.311 e. The number of carboxylic acid groups (broad SMARTS) is 1. The molecule has 0 aliphatic heterocycles. The van der Waals surface area contributed by atoms with E-state index in [1.165, 1.54) is 0 Å². The smallest absolute Gasteiger partial charge is 0.311 e. The summed E-state index contributed by atoms with van der Waals surface area (Å²) in [7, 11) is 0. The summed E-state index contributed by atoms with van der Waals surface area (Å²) in [6.45, 7) is -0.0302. The van der Waals surface area contributed by atoms with Crippen molar-refractivity contribution < 1.29 is 24.2 Å². The van der Waals surface area contributed by atoms with E-state index in [2.05, 4.69) is 10.3 Å². The minimum absolute atomic E-state index is 0.140. The first-order chi connectivity index (χ1) is 12.1. The molecule has 0 radical (unpaired) electrons. The van der Waals surface area contributed by atoms with Crippen LogP contribution in [0.3, 0.4) is 0 Å². The summed E-state index contributed by atoms with van der Waals surface area (Å²) in [4.78, 5) is 26.9. The van der Waals surface area contributed by atoms with Crippen LogP contribution in [0.4, 0.5) is 0 Å². The number of hydrogen-bond donors (Lipinski definition) is 2. The normalized spacial score (nSPS) is 14.4. The molecule has 2 aromatic rings. The first-order valence-electron chi connectivity index (χ1n) is 7.89. The fraction of sp³-hybridized carbons (Fsp3) is 0.278. The van der Waals surface area contributed by atoms with E-state index in [0.717, 1.165) is 0 Å². The fourth-order valence-corrected chi connectivity index (χ4v) is 2.22. The predicted octanol–water partition coefficient (Wildman–Crippen LogP) is 2.23. The topological polar surface area (TPSA) is 97.8 Å². The molecular formula is C18H18N2O5. The van der Waals surface area contributed by atoms with Crippen molar-refractivity contribution in [1.29, 1.82) is 0 Å². The van der Waals surface area contributed by atoms with Gasteiger partial charge in [0.1, 0.15) is 11.5 Å². The van der Waals surface area contributed by atoms with Gasteiger partial charge in [-0.25, -0.2) is 4.98 Å². The van der Waals surface area contributed by atoms with Crippen molar-refractivity contribution in [2.75, 3.05) is 13.2 Å². The summed E-state index contributed by atoms with van der Waals surface area (Å²) in [5.41, 5.74) is -0.778. The van der Waals surface area contributed by atoms with Gasteiger partial charge < -0.3 is 19.9 Å². The van der Waals surface area contributed by atoms with Crippen LogP contribution in [0.25, 0.3) is 0 Å². The van der Waals surface area contributed by atoms with Crippen molar-refractivity contribution in [2.45, 2.75) is 12.8 Å². The van der Waals surface area contributed by atoms with Crippen molar-refractivity contribution in [3.63, 3.8) is 0 Å². The molecule has 0 spiro atoms. The summed E-state index contributed by atoms with van der Waals surface area (Å²) in [5.74, 6) is 0.400. The van der Waals surface area contributed by atoms with Gasteiger partial charge in [-0.3, -0.25) is 9.59 Å². The third-order valence-corrected chi connectivity index (χ3v) is 3.99. The van der Waals surface area contributed by atoms with E-state index in [4.69, 9.17) is 14.6 Å². The third kappa shape index (κ3) is 4.47. The van der Waals surface area contributed by atoms with Crippen molar-refractivity contribution in [3.8, 4) is 17.4 Å². The van der Waals surface area contributed by atoms with Crippen LogP contribution < -0.4 is 14.8 Å². The van der Waals surface area contributed by atoms with Crippen LogP contribution in [0, 0.1) is 5.41 Å². The number of benzene rings is 1. The first-order valence-corrected chi connectivity index (χ1v) is 7.89. The van der Waals surface area contributed by atoms with Crippen LogP contribution in [0.5, 0.6) is 17.4 Å². The first kappa shape index (κ1) is 16.8. The van der Waals surface area contributed by atoms with Crippen molar-refractivity contribution in [2.24, 2.45) is 5.41 Å². The molecule has 130 valence electrons. The number of carbonyl (C=O) groups excluding carboxylic acids is 1. The van der Waals surface area contributed by atoms with Crippen molar-refractivity contribution in [1.82, 2.24) is 10.3 Å². The molecule has 1 aliphatic carbocycles. The number of hydrogen-bond acceptors (Lipinski definition) is 5. The Bertz CT molecular complexity index is 742. The third-order valence-electron chi connectivity index (χ3n) is 3.99. The molecule has 1 aromatic heterocycles. The number of nitrogens with zero attached hydrogens (tertiary/aromatic N) is 1. The van der Waals surface area contributed by atoms with Gasteiger partial charge in [0.25, 0.3) is 5.91 Å². The molecule has 3 rings (SSSR count). The summed E-state index contributed by atoms with van der Waals surface area (Å²) in [6.07, 6.45) is 2.84. The Labute approximate surface area is 144 Å². The Morgan fingerprint density at radius 2 is 1.84 bits per heavy atom. The monoisotopic (exact) mass is 342 g/mol. The molecule has 7 nitrogen and oxygen atoms in total. The van der Waals surface area contributed by atoms with E-state index in [-0.39, 0.29) is 19.1 Å². The molecule has 25 heavy (non-hydrogen) atoms. The molecule has 0 unspecified atom stereocenters. The second kappa shape index (κ2) is 7.21. The Morgan fingerprint density at radius 3 is 2.44 bits per heavy atom. The van der Waals surface area contributed by atoms with Crippen LogP contribution in [0.1, 0.15) is 12.8 Å². The molecule has 1 fully saturated rings. The zero-order chi connectivity index (χ0) is 17.7. The average molecular weight is 342 g/mol. The number of aromatic nitrogens is 1. The largest absolute Gasteiger partial charge is 0.484 e. The highest BCUT2D eigenvalue weighted by molar-refractivity contribution is 5.81. The fourth-order valence-electron chi connectivity index (χ4n) is 2.22. The number of rotatable bonds is 8. The van der Waals surface area contributed by atoms with E-state index >= 15 is 0 Å². The van der Waals surface area contributed by atoms with Gasteiger partial charge in [-0.2, -0.15) is 0 Å². The molecule has 0 saturated heterocycles. The quantitative estimate of drug-likeness (QED) is 0.763. The van der Waals surface area contributed by atoms with Gasteiger partial charge in [-0.05, 0) is 43.2 Å². The van der Waals surface area contributed by atoms with Crippen LogP contribution >= 0.6 is 0 Å². The van der Waals surface area contributed by atoms with E-state index < -0.39 is 11.4 Å². The van der Waals surface area contributed by atoms with Crippen LogP contribution in [-0.2, 0) is 9.59 Å². The second-order valence-corrected chi connectivity index (χ2v) is 5.89. The molecule has 1 saturated carbocycles. The second-order valence-electron chi connectivity index (χ2n) is 5.89. The number of pyridine rings is 1. The molecule has 0 bridgehead atoms. The average Bonchev–Trinajstić information content (AvgIpc) is 3.42. The molecule has 1 amide bonds. The highest BCUT2D eigenvalue weighted by Gasteiger charge is 2.50. The lowest BCUT2D eigenvalue weighted by atomic mass is 10.1. The van der Waals surface area contributed by atoms with Gasteiger partial charge in [0.05, 0.1) is 5.41 Å². The van der Waals surface area contributed by atoms with Crippen LogP contribution in [0.15, 0.2) is 48.7 Å². The highest BCUT2D eigenvalue weighted by Crippen LogP contribution is 2.45. The Hall–Kier alpha value is -3.09. The zero-order valence-corrected chi connectivity index (χ0v) is 13.5. The lowest BCUT2D eigenvalue weighted by Gasteiger charge is -2.12. The molecule has 0 atom stereocenters. The van der Waals surface area contributed by atoms with Gasteiger partial charge in [-0.15, -0.1) is 0 Å². The maximum atomic E-state index is 11.8. The Morgan fingerprint density at radius 1 is 1.12 bits per heavy atom. The summed E-state index contributed by atoms with van der Waals surface area (Å²) in [5, 5.41) is 11.7. The van der Waals surface area contributed by atoms with Crippen LogP contribution in [-0.4, -0.2) is 35.1 Å².